The van der Waals surface area contributed by atoms with E-state index in [2.05, 4.69) is 9.47 Å². The Hall–Kier alpha value is 0.359. The average molecular weight is 214 g/mol. The molecular weight excluding hydrogens is 200 g/mol. The molecule has 0 saturated carbocycles. The summed E-state index contributed by atoms with van der Waals surface area (Å²) in [6, 6.07) is 0. The minimum Gasteiger partial charge on any atom is -0.853 e. The molecule has 0 N–H and O–H groups in total. The zero-order valence-corrected chi connectivity index (χ0v) is 7.70. The van der Waals surface area contributed by atoms with E-state index in [1.54, 1.807) is 0 Å². The molecule has 0 aliphatic rings. The molecule has 4 nitrogen and oxygen atoms in total. The van der Waals surface area contributed by atoms with Crippen molar-refractivity contribution < 1.29 is 36.8 Å². The molecule has 0 bridgehead atoms. The maximum Gasteiger partial charge on any atom is 2.00 e. The van der Waals surface area contributed by atoms with E-state index in [0.29, 0.717) is 13.2 Å². The Morgan fingerprint density at radius 1 is 0.909 bits per heavy atom. The first-order chi connectivity index (χ1) is 4.83. The van der Waals surface area contributed by atoms with Crippen LogP contribution in [0.25, 0.3) is 0 Å². The molecule has 0 aliphatic heterocycles. The molecule has 0 unspecified atom stereocenters. The summed E-state index contributed by atoms with van der Waals surface area (Å²) >= 11 is 0. The van der Waals surface area contributed by atoms with Gasteiger partial charge in [0.15, 0.2) is 0 Å². The van der Waals surface area contributed by atoms with E-state index in [9.17, 15) is 10.2 Å². The van der Waals surface area contributed by atoms with Crippen LogP contribution < -0.4 is 10.2 Å². The molecule has 0 fully saturated rings. The second kappa shape index (κ2) is 22.4. The Kier molecular flexibility index (Phi) is 35.6. The summed E-state index contributed by atoms with van der Waals surface area (Å²) in [5.74, 6) is 0. The quantitative estimate of drug-likeness (QED) is 0.506. The molecule has 73 valence electrons. The first-order valence-corrected chi connectivity index (χ1v) is 2.97. The predicted octanol–water partition coefficient (Wildman–Crippen LogP) is -2.02. The summed E-state index contributed by atoms with van der Waals surface area (Å²) in [5, 5.41) is 18.8. The van der Waals surface area contributed by atoms with Crippen molar-refractivity contribution in [3.63, 3.8) is 0 Å². The van der Waals surface area contributed by atoms with Crippen LogP contribution in [-0.2, 0) is 26.5 Å². The molecule has 0 saturated heterocycles. The molecule has 5 heteroatoms. The minimum atomic E-state index is -0.128. The van der Waals surface area contributed by atoms with Crippen molar-refractivity contribution in [1.29, 1.82) is 0 Å². The first-order valence-electron chi connectivity index (χ1n) is 2.97. The molecule has 0 aromatic carbocycles. The fourth-order valence-corrected chi connectivity index (χ4v) is 0.167. The van der Waals surface area contributed by atoms with E-state index < -0.39 is 0 Å². The standard InChI is InChI=1S/2C3H7O2.Cu/c2*1-5-3-2-4;/h2*2-3H2,1H3;/q2*-1;+2. The third-order valence-corrected chi connectivity index (χ3v) is 0.575. The SMILES string of the molecule is COCC[O-].COCC[O-].[Cu+2]. The van der Waals surface area contributed by atoms with Gasteiger partial charge in [0.25, 0.3) is 0 Å². The summed E-state index contributed by atoms with van der Waals surface area (Å²) in [7, 11) is 3.02. The Morgan fingerprint density at radius 3 is 1.18 bits per heavy atom. The van der Waals surface area contributed by atoms with Crippen molar-refractivity contribution in [2.24, 2.45) is 0 Å². The molecular formula is C6H14CuO4. The van der Waals surface area contributed by atoms with Gasteiger partial charge in [0.1, 0.15) is 0 Å². The fourth-order valence-electron chi connectivity index (χ4n) is 0.167. The van der Waals surface area contributed by atoms with E-state index in [1.165, 1.54) is 14.2 Å². The number of hydrogen-bond acceptors (Lipinski definition) is 4. The van der Waals surface area contributed by atoms with Crippen LogP contribution in [0.2, 0.25) is 0 Å². The van der Waals surface area contributed by atoms with Gasteiger partial charge < -0.3 is 19.7 Å². The molecule has 0 heterocycles. The van der Waals surface area contributed by atoms with Gasteiger partial charge in [0, 0.05) is 27.4 Å². The van der Waals surface area contributed by atoms with Crippen molar-refractivity contribution in [3.05, 3.63) is 0 Å². The summed E-state index contributed by atoms with van der Waals surface area (Å²) < 4.78 is 8.76. The minimum absolute atomic E-state index is 0. The van der Waals surface area contributed by atoms with E-state index >= 15 is 0 Å². The van der Waals surface area contributed by atoms with Gasteiger partial charge in [-0.1, -0.05) is 0 Å². The van der Waals surface area contributed by atoms with Crippen LogP contribution in [0.4, 0.5) is 0 Å². The van der Waals surface area contributed by atoms with Crippen LogP contribution in [0.1, 0.15) is 0 Å². The largest absolute Gasteiger partial charge is 2.00 e. The zero-order chi connectivity index (χ0) is 8.24. The molecule has 0 rings (SSSR count). The number of ether oxygens (including phenoxy) is 2. The molecule has 0 spiro atoms. The molecule has 0 aromatic rings. The Morgan fingerprint density at radius 2 is 1.18 bits per heavy atom. The summed E-state index contributed by atoms with van der Waals surface area (Å²) in [5.41, 5.74) is 0. The second-order valence-corrected chi connectivity index (χ2v) is 1.39. The van der Waals surface area contributed by atoms with E-state index in [0.717, 1.165) is 0 Å². The molecule has 0 aromatic heterocycles. The second-order valence-electron chi connectivity index (χ2n) is 1.39. The van der Waals surface area contributed by atoms with Crippen molar-refractivity contribution in [2.75, 3.05) is 40.6 Å². The summed E-state index contributed by atoms with van der Waals surface area (Å²) in [6.45, 7) is 0.410. The number of methoxy groups -OCH3 is 2. The maximum absolute atomic E-state index is 9.40. The van der Waals surface area contributed by atoms with E-state index in [-0.39, 0.29) is 30.3 Å². The normalized spacial score (nSPS) is 7.64. The Bertz CT molecular complexity index is 35.6. The Labute approximate surface area is 78.0 Å². The molecule has 0 aliphatic carbocycles. The van der Waals surface area contributed by atoms with Gasteiger partial charge in [0.2, 0.25) is 0 Å². The smallest absolute Gasteiger partial charge is 0.853 e. The number of hydrogen-bond donors (Lipinski definition) is 0. The average Bonchev–Trinajstić information content (AvgIpc) is 1.93. The fraction of sp³-hybridized carbons (Fsp3) is 1.00. The van der Waals surface area contributed by atoms with Crippen molar-refractivity contribution in [1.82, 2.24) is 0 Å². The van der Waals surface area contributed by atoms with E-state index in [4.69, 9.17) is 0 Å². The van der Waals surface area contributed by atoms with Crippen molar-refractivity contribution >= 4 is 0 Å². The van der Waals surface area contributed by atoms with Gasteiger partial charge in [0.05, 0.1) is 0 Å². The van der Waals surface area contributed by atoms with Gasteiger partial charge in [-0.25, -0.2) is 0 Å². The molecule has 1 radical (unpaired) electrons. The van der Waals surface area contributed by atoms with Crippen LogP contribution in [0.5, 0.6) is 0 Å². The topological polar surface area (TPSA) is 64.6 Å². The monoisotopic (exact) mass is 213 g/mol. The zero-order valence-electron chi connectivity index (χ0n) is 6.76. The third-order valence-electron chi connectivity index (χ3n) is 0.575. The third kappa shape index (κ3) is 38.1. The van der Waals surface area contributed by atoms with Crippen LogP contribution in [0, 0.1) is 0 Å². The molecule has 0 atom stereocenters. The van der Waals surface area contributed by atoms with Gasteiger partial charge in [-0.05, 0) is 0 Å². The molecule has 0 amide bonds. The first kappa shape index (κ1) is 17.4. The van der Waals surface area contributed by atoms with Crippen LogP contribution >= 0.6 is 0 Å². The van der Waals surface area contributed by atoms with Crippen molar-refractivity contribution in [3.8, 4) is 0 Å². The van der Waals surface area contributed by atoms with Gasteiger partial charge in [-0.2, -0.15) is 0 Å². The van der Waals surface area contributed by atoms with Crippen LogP contribution in [0.15, 0.2) is 0 Å². The summed E-state index contributed by atoms with van der Waals surface area (Å²) in [4.78, 5) is 0. The van der Waals surface area contributed by atoms with Gasteiger partial charge in [-0.3, -0.25) is 0 Å². The van der Waals surface area contributed by atoms with Gasteiger partial charge >= 0.3 is 17.1 Å². The van der Waals surface area contributed by atoms with Gasteiger partial charge in [-0.15, -0.1) is 13.2 Å². The predicted molar refractivity (Wildman–Crippen MR) is 33.5 cm³/mol. The van der Waals surface area contributed by atoms with Crippen LogP contribution in [-0.4, -0.2) is 40.6 Å². The van der Waals surface area contributed by atoms with E-state index in [1.807, 2.05) is 0 Å². The summed E-state index contributed by atoms with van der Waals surface area (Å²) in [6.07, 6.45) is 0. The Balaban J connectivity index is -0.000000107. The van der Waals surface area contributed by atoms with Crippen LogP contribution in [0.3, 0.4) is 0 Å². The number of rotatable bonds is 4. The molecule has 11 heavy (non-hydrogen) atoms. The van der Waals surface area contributed by atoms with Crippen molar-refractivity contribution in [2.45, 2.75) is 0 Å². The maximum atomic E-state index is 9.40.